The summed E-state index contributed by atoms with van der Waals surface area (Å²) < 4.78 is 11.5. The fraction of sp³-hybridized carbons (Fsp3) is 0.0909. The van der Waals surface area contributed by atoms with Crippen molar-refractivity contribution in [2.45, 2.75) is 13.0 Å². The van der Waals surface area contributed by atoms with Gasteiger partial charge in [0.2, 0.25) is 5.88 Å². The maximum atomic E-state index is 11.1. The molecule has 1 amide bonds. The van der Waals surface area contributed by atoms with Gasteiger partial charge in [0.25, 0.3) is 5.91 Å². The quantitative estimate of drug-likeness (QED) is 0.542. The summed E-state index contributed by atoms with van der Waals surface area (Å²) in [5.41, 5.74) is 6.85. The van der Waals surface area contributed by atoms with E-state index in [4.69, 9.17) is 15.2 Å². The Morgan fingerprint density at radius 2 is 1.62 bits per heavy atom. The maximum absolute atomic E-state index is 11.1. The highest BCUT2D eigenvalue weighted by molar-refractivity contribution is 5.85. The van der Waals surface area contributed by atoms with E-state index in [2.05, 4.69) is 15.0 Å². The summed E-state index contributed by atoms with van der Waals surface area (Å²) >= 11 is 0. The molecule has 1 atom stereocenters. The highest BCUT2D eigenvalue weighted by atomic mass is 16.5. The number of rotatable bonds is 6. The molecule has 2 aromatic heterocycles. The summed E-state index contributed by atoms with van der Waals surface area (Å²) in [4.78, 5) is 24.4. The van der Waals surface area contributed by atoms with Gasteiger partial charge in [0.1, 0.15) is 11.5 Å². The van der Waals surface area contributed by atoms with Crippen LogP contribution in [-0.2, 0) is 4.79 Å². The lowest BCUT2D eigenvalue weighted by Gasteiger charge is -2.13. The van der Waals surface area contributed by atoms with Crippen molar-refractivity contribution in [3.05, 3.63) is 73.1 Å². The summed E-state index contributed by atoms with van der Waals surface area (Å²) in [7, 11) is 0. The van der Waals surface area contributed by atoms with Crippen molar-refractivity contribution in [3.8, 4) is 28.8 Å². The molecule has 0 saturated carbocycles. The molecular formula is C22H18N4O3. The minimum absolute atomic E-state index is 0.446. The number of aromatic nitrogens is 3. The van der Waals surface area contributed by atoms with Crippen molar-refractivity contribution in [3.63, 3.8) is 0 Å². The van der Waals surface area contributed by atoms with E-state index in [-0.39, 0.29) is 0 Å². The number of nitrogens with two attached hydrogens (primary N) is 1. The SMILES string of the molecule is CC(Oc1ccc(Oc2nc(-c3ccncc3)nc3ccccc23)cc1)C(N)=O. The van der Waals surface area contributed by atoms with Gasteiger partial charge in [-0.25, -0.2) is 4.98 Å². The molecule has 144 valence electrons. The molecule has 4 aromatic rings. The van der Waals surface area contributed by atoms with Crippen LogP contribution in [0.1, 0.15) is 6.92 Å². The summed E-state index contributed by atoms with van der Waals surface area (Å²) in [6, 6.07) is 18.2. The topological polar surface area (TPSA) is 100 Å². The van der Waals surface area contributed by atoms with Gasteiger partial charge in [-0.1, -0.05) is 12.1 Å². The molecule has 1 unspecified atom stereocenters. The molecule has 0 bridgehead atoms. The minimum atomic E-state index is -0.713. The molecule has 29 heavy (non-hydrogen) atoms. The molecule has 4 rings (SSSR count). The summed E-state index contributed by atoms with van der Waals surface area (Å²) in [6.45, 7) is 1.60. The fourth-order valence-electron chi connectivity index (χ4n) is 2.72. The minimum Gasteiger partial charge on any atom is -0.481 e. The lowest BCUT2D eigenvalue weighted by molar-refractivity contribution is -0.123. The molecule has 2 aromatic carbocycles. The predicted molar refractivity (Wildman–Crippen MR) is 109 cm³/mol. The Labute approximate surface area is 167 Å². The van der Waals surface area contributed by atoms with Crippen LogP contribution in [0.5, 0.6) is 17.4 Å². The van der Waals surface area contributed by atoms with Crippen LogP contribution in [0.3, 0.4) is 0 Å². The molecular weight excluding hydrogens is 368 g/mol. The number of hydrogen-bond donors (Lipinski definition) is 1. The van der Waals surface area contributed by atoms with Gasteiger partial charge < -0.3 is 15.2 Å². The highest BCUT2D eigenvalue weighted by Gasteiger charge is 2.13. The summed E-state index contributed by atoms with van der Waals surface area (Å²) in [6.07, 6.45) is 2.68. The monoisotopic (exact) mass is 386 g/mol. The van der Waals surface area contributed by atoms with Gasteiger partial charge in [-0.15, -0.1) is 0 Å². The van der Waals surface area contributed by atoms with Crippen molar-refractivity contribution in [1.29, 1.82) is 0 Å². The molecule has 7 heteroatoms. The number of carbonyl (C=O) groups excluding carboxylic acids is 1. The molecule has 0 aliphatic carbocycles. The largest absolute Gasteiger partial charge is 0.481 e. The zero-order valence-electron chi connectivity index (χ0n) is 15.6. The van der Waals surface area contributed by atoms with Crippen molar-refractivity contribution in [1.82, 2.24) is 15.0 Å². The third-order valence-corrected chi connectivity index (χ3v) is 4.26. The molecule has 0 aliphatic heterocycles. The second-order valence-corrected chi connectivity index (χ2v) is 6.34. The van der Waals surface area contributed by atoms with Gasteiger partial charge in [-0.05, 0) is 55.5 Å². The first-order chi connectivity index (χ1) is 14.1. The first kappa shape index (κ1) is 18.4. The average molecular weight is 386 g/mol. The fourth-order valence-corrected chi connectivity index (χ4v) is 2.72. The Morgan fingerprint density at radius 1 is 0.931 bits per heavy atom. The number of carbonyl (C=O) groups is 1. The van der Waals surface area contributed by atoms with Crippen molar-refractivity contribution < 1.29 is 14.3 Å². The Balaban J connectivity index is 1.66. The molecule has 0 spiro atoms. The van der Waals surface area contributed by atoms with E-state index in [0.717, 1.165) is 16.5 Å². The number of pyridine rings is 1. The van der Waals surface area contributed by atoms with E-state index < -0.39 is 12.0 Å². The van der Waals surface area contributed by atoms with E-state index in [9.17, 15) is 4.79 Å². The number of amides is 1. The Kier molecular flexibility index (Phi) is 5.03. The molecule has 7 nitrogen and oxygen atoms in total. The third-order valence-electron chi connectivity index (χ3n) is 4.26. The van der Waals surface area contributed by atoms with Gasteiger partial charge in [0, 0.05) is 18.0 Å². The zero-order valence-corrected chi connectivity index (χ0v) is 15.6. The van der Waals surface area contributed by atoms with E-state index >= 15 is 0 Å². The van der Waals surface area contributed by atoms with Gasteiger partial charge in [0.05, 0.1) is 10.9 Å². The number of ether oxygens (including phenoxy) is 2. The van der Waals surface area contributed by atoms with Crippen molar-refractivity contribution >= 4 is 16.8 Å². The Morgan fingerprint density at radius 3 is 2.34 bits per heavy atom. The second kappa shape index (κ2) is 7.93. The molecule has 2 heterocycles. The maximum Gasteiger partial charge on any atom is 0.258 e. The van der Waals surface area contributed by atoms with Gasteiger partial charge >= 0.3 is 0 Å². The van der Waals surface area contributed by atoms with E-state index in [1.54, 1.807) is 43.6 Å². The van der Waals surface area contributed by atoms with E-state index in [1.807, 2.05) is 36.4 Å². The van der Waals surface area contributed by atoms with Crippen LogP contribution in [0.25, 0.3) is 22.3 Å². The number of para-hydroxylation sites is 1. The number of fused-ring (bicyclic) bond motifs is 1. The number of benzene rings is 2. The Hall–Kier alpha value is -4.00. The molecule has 0 saturated heterocycles. The first-order valence-electron chi connectivity index (χ1n) is 9.01. The van der Waals surface area contributed by atoms with Crippen LogP contribution in [0.2, 0.25) is 0 Å². The normalized spacial score (nSPS) is 11.8. The average Bonchev–Trinajstić information content (AvgIpc) is 2.75. The predicted octanol–water partition coefficient (Wildman–Crippen LogP) is 3.74. The molecule has 0 radical (unpaired) electrons. The third kappa shape index (κ3) is 4.14. The number of hydrogen-bond acceptors (Lipinski definition) is 6. The lowest BCUT2D eigenvalue weighted by Crippen LogP contribution is -2.30. The molecule has 0 aliphatic rings. The van der Waals surface area contributed by atoms with Gasteiger partial charge in [-0.3, -0.25) is 9.78 Å². The van der Waals surface area contributed by atoms with Gasteiger partial charge in [0.15, 0.2) is 11.9 Å². The number of nitrogens with zero attached hydrogens (tertiary/aromatic N) is 3. The standard InChI is InChI=1S/C22H18N4O3/c1-14(20(23)27)28-16-6-8-17(9-7-16)29-22-18-4-2-3-5-19(18)25-21(26-22)15-10-12-24-13-11-15/h2-14H,1H3,(H2,23,27). The smallest absolute Gasteiger partial charge is 0.258 e. The van der Waals surface area contributed by atoms with Crippen molar-refractivity contribution in [2.24, 2.45) is 5.73 Å². The highest BCUT2D eigenvalue weighted by Crippen LogP contribution is 2.30. The molecule has 2 N–H and O–H groups in total. The van der Waals surface area contributed by atoms with Crippen LogP contribution in [0.15, 0.2) is 73.1 Å². The number of primary amides is 1. The summed E-state index contributed by atoms with van der Waals surface area (Å²) in [5, 5.41) is 0.799. The van der Waals surface area contributed by atoms with E-state index in [0.29, 0.717) is 23.2 Å². The van der Waals surface area contributed by atoms with Crippen LogP contribution >= 0.6 is 0 Å². The van der Waals surface area contributed by atoms with Crippen LogP contribution < -0.4 is 15.2 Å². The second-order valence-electron chi connectivity index (χ2n) is 6.34. The Bertz CT molecular complexity index is 1150. The van der Waals surface area contributed by atoms with Crippen LogP contribution in [0.4, 0.5) is 0 Å². The van der Waals surface area contributed by atoms with Gasteiger partial charge in [-0.2, -0.15) is 4.98 Å². The summed E-state index contributed by atoms with van der Waals surface area (Å²) in [5.74, 6) is 1.57. The van der Waals surface area contributed by atoms with Crippen LogP contribution in [-0.4, -0.2) is 27.0 Å². The zero-order chi connectivity index (χ0) is 20.2. The van der Waals surface area contributed by atoms with Crippen molar-refractivity contribution in [2.75, 3.05) is 0 Å². The van der Waals surface area contributed by atoms with Crippen LogP contribution in [0, 0.1) is 0 Å². The van der Waals surface area contributed by atoms with E-state index in [1.165, 1.54) is 0 Å². The molecule has 0 fully saturated rings. The first-order valence-corrected chi connectivity index (χ1v) is 9.01. The lowest BCUT2D eigenvalue weighted by atomic mass is 10.2.